The zero-order valence-corrected chi connectivity index (χ0v) is 10.7. The monoisotopic (exact) mass is 246 g/mol. The molecule has 0 aliphatic rings. The highest BCUT2D eigenvalue weighted by Crippen LogP contribution is 2.16. The average Bonchev–Trinajstić information content (AvgIpc) is 2.83. The smallest absolute Gasteiger partial charge is 0.228 e. The van der Waals surface area contributed by atoms with Gasteiger partial charge in [-0.15, -0.1) is 0 Å². The Morgan fingerprint density at radius 3 is 3.06 bits per heavy atom. The summed E-state index contributed by atoms with van der Waals surface area (Å²) in [4.78, 5) is 19.2. The first-order valence-electron chi connectivity index (χ1n) is 6.13. The number of imidazole rings is 1. The van der Waals surface area contributed by atoms with Crippen LogP contribution in [0.15, 0.2) is 24.5 Å². The molecular weight excluding hydrogens is 228 g/mol. The van der Waals surface area contributed by atoms with Gasteiger partial charge in [0.15, 0.2) is 0 Å². The third-order valence-corrected chi connectivity index (χ3v) is 3.00. The third-order valence-electron chi connectivity index (χ3n) is 3.00. The van der Waals surface area contributed by atoms with Crippen molar-refractivity contribution in [2.24, 2.45) is 5.92 Å². The molecule has 1 aromatic carbocycles. The van der Waals surface area contributed by atoms with Gasteiger partial charge in [0.1, 0.15) is 0 Å². The zero-order chi connectivity index (χ0) is 13.0. The van der Waals surface area contributed by atoms with Crippen LogP contribution in [-0.4, -0.2) is 29.5 Å². The van der Waals surface area contributed by atoms with Crippen molar-refractivity contribution in [2.75, 3.05) is 18.9 Å². The number of aromatic amines is 1. The van der Waals surface area contributed by atoms with Gasteiger partial charge in [-0.05, 0) is 31.7 Å². The van der Waals surface area contributed by atoms with Crippen molar-refractivity contribution in [1.29, 1.82) is 0 Å². The molecule has 0 bridgehead atoms. The lowest BCUT2D eigenvalue weighted by Crippen LogP contribution is -2.30. The van der Waals surface area contributed by atoms with E-state index in [-0.39, 0.29) is 11.8 Å². The Kier molecular flexibility index (Phi) is 3.94. The molecule has 2 aromatic rings. The number of aromatic nitrogens is 2. The number of hydrogen-bond acceptors (Lipinski definition) is 3. The first-order valence-corrected chi connectivity index (χ1v) is 6.13. The number of nitrogens with one attached hydrogen (secondary N) is 3. The van der Waals surface area contributed by atoms with E-state index < -0.39 is 0 Å². The van der Waals surface area contributed by atoms with Gasteiger partial charge in [-0.1, -0.05) is 6.92 Å². The summed E-state index contributed by atoms with van der Waals surface area (Å²) in [6.45, 7) is 2.70. The number of nitrogens with zero attached hydrogens (tertiary/aromatic N) is 1. The molecule has 0 saturated heterocycles. The number of H-pyrrole nitrogens is 1. The van der Waals surface area contributed by atoms with E-state index in [1.807, 2.05) is 32.2 Å². The Hall–Kier alpha value is -1.88. The largest absolute Gasteiger partial charge is 0.345 e. The fourth-order valence-corrected chi connectivity index (χ4v) is 1.93. The Morgan fingerprint density at radius 2 is 2.33 bits per heavy atom. The number of benzene rings is 1. The van der Waals surface area contributed by atoms with Crippen molar-refractivity contribution < 1.29 is 4.79 Å². The molecule has 0 aliphatic heterocycles. The fourth-order valence-electron chi connectivity index (χ4n) is 1.93. The topological polar surface area (TPSA) is 69.8 Å². The van der Waals surface area contributed by atoms with E-state index in [0.717, 1.165) is 23.1 Å². The van der Waals surface area contributed by atoms with Crippen LogP contribution in [0.2, 0.25) is 0 Å². The van der Waals surface area contributed by atoms with Crippen LogP contribution in [0.1, 0.15) is 13.3 Å². The SMILES string of the molecule is CCC(CNC)C(=O)Nc1ccc2nc[nH]c2c1. The number of hydrogen-bond donors (Lipinski definition) is 3. The number of rotatable bonds is 5. The predicted octanol–water partition coefficient (Wildman–Crippen LogP) is 1.75. The molecule has 0 saturated carbocycles. The van der Waals surface area contributed by atoms with Crippen LogP contribution in [0.25, 0.3) is 11.0 Å². The highest BCUT2D eigenvalue weighted by molar-refractivity contribution is 5.94. The molecule has 0 aliphatic carbocycles. The van der Waals surface area contributed by atoms with Crippen molar-refractivity contribution in [3.05, 3.63) is 24.5 Å². The summed E-state index contributed by atoms with van der Waals surface area (Å²) in [5.74, 6) is 0.0400. The molecule has 0 radical (unpaired) electrons. The Balaban J connectivity index is 2.09. The van der Waals surface area contributed by atoms with E-state index in [1.165, 1.54) is 0 Å². The van der Waals surface area contributed by atoms with Gasteiger partial charge in [-0.25, -0.2) is 4.98 Å². The first-order chi connectivity index (χ1) is 8.74. The molecule has 0 spiro atoms. The van der Waals surface area contributed by atoms with Crippen LogP contribution in [-0.2, 0) is 4.79 Å². The summed E-state index contributed by atoms with van der Waals surface area (Å²) >= 11 is 0. The van der Waals surface area contributed by atoms with E-state index in [1.54, 1.807) is 6.33 Å². The van der Waals surface area contributed by atoms with Crippen molar-refractivity contribution in [3.63, 3.8) is 0 Å². The second-order valence-corrected chi connectivity index (χ2v) is 4.29. The lowest BCUT2D eigenvalue weighted by molar-refractivity contribution is -0.119. The average molecular weight is 246 g/mol. The van der Waals surface area contributed by atoms with Crippen LogP contribution in [0.3, 0.4) is 0 Å². The maximum atomic E-state index is 12.0. The summed E-state index contributed by atoms with van der Waals surface area (Å²) < 4.78 is 0. The summed E-state index contributed by atoms with van der Waals surface area (Å²) in [6, 6.07) is 5.65. The fraction of sp³-hybridized carbons (Fsp3) is 0.385. The number of fused-ring (bicyclic) bond motifs is 1. The van der Waals surface area contributed by atoms with Gasteiger partial charge in [-0.3, -0.25) is 4.79 Å². The molecule has 1 aromatic heterocycles. The van der Waals surface area contributed by atoms with E-state index in [4.69, 9.17) is 0 Å². The van der Waals surface area contributed by atoms with Crippen molar-refractivity contribution in [1.82, 2.24) is 15.3 Å². The van der Waals surface area contributed by atoms with Gasteiger partial charge in [0.2, 0.25) is 5.91 Å². The van der Waals surface area contributed by atoms with Crippen LogP contribution in [0.5, 0.6) is 0 Å². The molecule has 3 N–H and O–H groups in total. The van der Waals surface area contributed by atoms with E-state index >= 15 is 0 Å². The van der Waals surface area contributed by atoms with Crippen molar-refractivity contribution >= 4 is 22.6 Å². The minimum absolute atomic E-state index is 0.00698. The second kappa shape index (κ2) is 5.64. The molecule has 1 unspecified atom stereocenters. The van der Waals surface area contributed by atoms with Crippen LogP contribution in [0.4, 0.5) is 5.69 Å². The molecule has 5 nitrogen and oxygen atoms in total. The van der Waals surface area contributed by atoms with Crippen LogP contribution >= 0.6 is 0 Å². The highest BCUT2D eigenvalue weighted by Gasteiger charge is 2.15. The lowest BCUT2D eigenvalue weighted by atomic mass is 10.1. The first kappa shape index (κ1) is 12.6. The molecule has 1 atom stereocenters. The van der Waals surface area contributed by atoms with Gasteiger partial charge < -0.3 is 15.6 Å². The Bertz CT molecular complexity index is 535. The van der Waals surface area contributed by atoms with Crippen LogP contribution < -0.4 is 10.6 Å². The molecule has 1 heterocycles. The van der Waals surface area contributed by atoms with Crippen molar-refractivity contribution in [3.8, 4) is 0 Å². The Labute approximate surface area is 106 Å². The van der Waals surface area contributed by atoms with Gasteiger partial charge in [0.25, 0.3) is 0 Å². The van der Waals surface area contributed by atoms with E-state index in [9.17, 15) is 4.79 Å². The summed E-state index contributed by atoms with van der Waals surface area (Å²) in [6.07, 6.45) is 2.46. The maximum Gasteiger partial charge on any atom is 0.228 e. The van der Waals surface area contributed by atoms with E-state index in [0.29, 0.717) is 6.54 Å². The highest BCUT2D eigenvalue weighted by atomic mass is 16.1. The zero-order valence-electron chi connectivity index (χ0n) is 10.7. The van der Waals surface area contributed by atoms with Crippen molar-refractivity contribution in [2.45, 2.75) is 13.3 Å². The number of carbonyl (C=O) groups is 1. The molecule has 0 fully saturated rings. The molecule has 18 heavy (non-hydrogen) atoms. The minimum atomic E-state index is -0.00698. The lowest BCUT2D eigenvalue weighted by Gasteiger charge is -2.14. The standard InChI is InChI=1S/C13H18N4O/c1-3-9(7-14-2)13(18)17-10-4-5-11-12(6-10)16-8-15-11/h4-6,8-9,14H,3,7H2,1-2H3,(H,15,16)(H,17,18). The second-order valence-electron chi connectivity index (χ2n) is 4.29. The normalized spacial score (nSPS) is 12.6. The molecule has 5 heteroatoms. The molecular formula is C13H18N4O. The summed E-state index contributed by atoms with van der Waals surface area (Å²) in [7, 11) is 1.85. The predicted molar refractivity (Wildman–Crippen MR) is 72.4 cm³/mol. The Morgan fingerprint density at radius 1 is 1.50 bits per heavy atom. The molecule has 96 valence electrons. The quantitative estimate of drug-likeness (QED) is 0.752. The third kappa shape index (κ3) is 2.68. The number of amides is 1. The number of carbonyl (C=O) groups excluding carboxylic acids is 1. The maximum absolute atomic E-state index is 12.0. The van der Waals surface area contributed by atoms with Gasteiger partial charge in [0.05, 0.1) is 23.3 Å². The van der Waals surface area contributed by atoms with Gasteiger partial charge in [0, 0.05) is 12.2 Å². The van der Waals surface area contributed by atoms with Crippen LogP contribution in [0, 0.1) is 5.92 Å². The molecule has 1 amide bonds. The van der Waals surface area contributed by atoms with Gasteiger partial charge >= 0.3 is 0 Å². The van der Waals surface area contributed by atoms with E-state index in [2.05, 4.69) is 20.6 Å². The minimum Gasteiger partial charge on any atom is -0.345 e. The molecule has 2 rings (SSSR count). The summed E-state index contributed by atoms with van der Waals surface area (Å²) in [5, 5.41) is 5.97. The summed E-state index contributed by atoms with van der Waals surface area (Å²) in [5.41, 5.74) is 2.62. The van der Waals surface area contributed by atoms with Gasteiger partial charge in [-0.2, -0.15) is 0 Å². The number of anilines is 1.